The summed E-state index contributed by atoms with van der Waals surface area (Å²) < 4.78 is 0. The minimum atomic E-state index is 0.127. The Hall–Kier alpha value is -0.960. The fourth-order valence-corrected chi connectivity index (χ4v) is 3.72. The summed E-state index contributed by atoms with van der Waals surface area (Å²) in [7, 11) is 0. The van der Waals surface area contributed by atoms with Crippen LogP contribution in [-0.4, -0.2) is 22.8 Å². The van der Waals surface area contributed by atoms with Crippen molar-refractivity contribution in [1.82, 2.24) is 0 Å². The Bertz CT molecular complexity index is 401. The van der Waals surface area contributed by atoms with Crippen LogP contribution >= 0.6 is 11.8 Å². The van der Waals surface area contributed by atoms with Crippen molar-refractivity contribution in [2.45, 2.75) is 44.4 Å². The molecule has 0 spiro atoms. The van der Waals surface area contributed by atoms with Gasteiger partial charge in [-0.05, 0) is 49.8 Å². The first-order chi connectivity index (χ1) is 8.70. The second-order valence-electron chi connectivity index (χ2n) is 4.81. The monoisotopic (exact) mass is 263 g/mol. The molecule has 18 heavy (non-hydrogen) atoms. The SMILES string of the molecule is CCSC1CCCC1Nc1ccc(C(C)=O)cc1. The van der Waals surface area contributed by atoms with Crippen LogP contribution in [0.2, 0.25) is 0 Å². The highest BCUT2D eigenvalue weighted by Crippen LogP contribution is 2.32. The maximum atomic E-state index is 11.2. The zero-order chi connectivity index (χ0) is 13.0. The molecule has 2 unspecified atom stereocenters. The second kappa shape index (κ2) is 6.28. The van der Waals surface area contributed by atoms with Crippen molar-refractivity contribution in [3.63, 3.8) is 0 Å². The molecule has 2 nitrogen and oxygen atoms in total. The lowest BCUT2D eigenvalue weighted by Gasteiger charge is -2.21. The molecule has 0 amide bonds. The highest BCUT2D eigenvalue weighted by atomic mass is 32.2. The summed E-state index contributed by atoms with van der Waals surface area (Å²) in [6.07, 6.45) is 3.90. The molecule has 0 saturated heterocycles. The summed E-state index contributed by atoms with van der Waals surface area (Å²) in [6, 6.07) is 8.42. The van der Waals surface area contributed by atoms with Gasteiger partial charge in [0.05, 0.1) is 0 Å². The number of Topliss-reactive ketones (excluding diaryl/α,β-unsaturated/α-hetero) is 1. The van der Waals surface area contributed by atoms with Gasteiger partial charge in [0.1, 0.15) is 0 Å². The van der Waals surface area contributed by atoms with Crippen LogP contribution < -0.4 is 5.32 Å². The molecule has 0 heterocycles. The molecule has 1 N–H and O–H groups in total. The van der Waals surface area contributed by atoms with Crippen LogP contribution in [-0.2, 0) is 0 Å². The molecule has 0 aromatic heterocycles. The lowest BCUT2D eigenvalue weighted by molar-refractivity contribution is 0.101. The first-order valence-electron chi connectivity index (χ1n) is 6.70. The molecule has 2 atom stereocenters. The van der Waals surface area contributed by atoms with E-state index in [0.29, 0.717) is 6.04 Å². The van der Waals surface area contributed by atoms with Crippen LogP contribution in [0, 0.1) is 0 Å². The van der Waals surface area contributed by atoms with E-state index in [0.717, 1.165) is 16.5 Å². The summed E-state index contributed by atoms with van der Waals surface area (Å²) in [4.78, 5) is 11.2. The van der Waals surface area contributed by atoms with Gasteiger partial charge in [0, 0.05) is 22.5 Å². The Labute approximate surface area is 114 Å². The molecule has 1 saturated carbocycles. The van der Waals surface area contributed by atoms with Crippen LogP contribution in [0.5, 0.6) is 0 Å². The lowest BCUT2D eigenvalue weighted by atomic mass is 10.1. The number of rotatable bonds is 5. The molecular formula is C15H21NOS. The predicted octanol–water partition coefficient (Wildman–Crippen LogP) is 3.98. The minimum Gasteiger partial charge on any atom is -0.381 e. The van der Waals surface area contributed by atoms with Crippen molar-refractivity contribution in [2.75, 3.05) is 11.1 Å². The largest absolute Gasteiger partial charge is 0.381 e. The molecule has 3 heteroatoms. The van der Waals surface area contributed by atoms with Crippen molar-refractivity contribution in [3.05, 3.63) is 29.8 Å². The normalized spacial score (nSPS) is 23.0. The van der Waals surface area contributed by atoms with Gasteiger partial charge >= 0.3 is 0 Å². The second-order valence-corrected chi connectivity index (χ2v) is 6.33. The summed E-state index contributed by atoms with van der Waals surface area (Å²) in [5, 5.41) is 4.35. The number of hydrogen-bond acceptors (Lipinski definition) is 3. The summed E-state index contributed by atoms with van der Waals surface area (Å²) in [6.45, 7) is 3.83. The van der Waals surface area contributed by atoms with E-state index >= 15 is 0 Å². The van der Waals surface area contributed by atoms with Gasteiger partial charge in [0.25, 0.3) is 0 Å². The van der Waals surface area contributed by atoms with Crippen LogP contribution in [0.15, 0.2) is 24.3 Å². The van der Waals surface area contributed by atoms with Gasteiger partial charge in [-0.2, -0.15) is 11.8 Å². The summed E-state index contributed by atoms with van der Waals surface area (Å²) in [5.41, 5.74) is 1.92. The smallest absolute Gasteiger partial charge is 0.159 e. The zero-order valence-electron chi connectivity index (χ0n) is 11.1. The highest BCUT2D eigenvalue weighted by Gasteiger charge is 2.26. The fraction of sp³-hybridized carbons (Fsp3) is 0.533. The van der Waals surface area contributed by atoms with Crippen molar-refractivity contribution >= 4 is 23.2 Å². The Balaban J connectivity index is 1.98. The van der Waals surface area contributed by atoms with E-state index in [1.165, 1.54) is 25.0 Å². The van der Waals surface area contributed by atoms with E-state index < -0.39 is 0 Å². The van der Waals surface area contributed by atoms with Crippen molar-refractivity contribution in [3.8, 4) is 0 Å². The van der Waals surface area contributed by atoms with E-state index in [4.69, 9.17) is 0 Å². The van der Waals surface area contributed by atoms with Crippen molar-refractivity contribution < 1.29 is 4.79 Å². The number of hydrogen-bond donors (Lipinski definition) is 1. The molecule has 0 bridgehead atoms. The quantitative estimate of drug-likeness (QED) is 0.815. The van der Waals surface area contributed by atoms with Gasteiger partial charge in [-0.1, -0.05) is 13.3 Å². The molecule has 1 aliphatic rings. The van der Waals surface area contributed by atoms with Crippen LogP contribution in [0.3, 0.4) is 0 Å². The number of nitrogens with one attached hydrogen (secondary N) is 1. The zero-order valence-corrected chi connectivity index (χ0v) is 11.9. The average Bonchev–Trinajstić information content (AvgIpc) is 2.78. The van der Waals surface area contributed by atoms with E-state index in [-0.39, 0.29) is 5.78 Å². The first kappa shape index (κ1) is 13.5. The Morgan fingerprint density at radius 2 is 2.06 bits per heavy atom. The van der Waals surface area contributed by atoms with Crippen LogP contribution in [0.4, 0.5) is 5.69 Å². The third-order valence-electron chi connectivity index (χ3n) is 3.48. The van der Waals surface area contributed by atoms with Crippen LogP contribution in [0.25, 0.3) is 0 Å². The van der Waals surface area contributed by atoms with Gasteiger partial charge in [-0.15, -0.1) is 0 Å². The fourth-order valence-electron chi connectivity index (χ4n) is 2.52. The van der Waals surface area contributed by atoms with E-state index in [2.05, 4.69) is 24.0 Å². The number of ketones is 1. The molecule has 98 valence electrons. The summed E-state index contributed by atoms with van der Waals surface area (Å²) >= 11 is 2.06. The average molecular weight is 263 g/mol. The number of carbonyl (C=O) groups excluding carboxylic acids is 1. The van der Waals surface area contributed by atoms with E-state index in [9.17, 15) is 4.79 Å². The molecular weight excluding hydrogens is 242 g/mol. The molecule has 0 radical (unpaired) electrons. The highest BCUT2D eigenvalue weighted by molar-refractivity contribution is 7.99. The Morgan fingerprint density at radius 1 is 1.33 bits per heavy atom. The van der Waals surface area contributed by atoms with E-state index in [1.807, 2.05) is 24.3 Å². The lowest BCUT2D eigenvalue weighted by Crippen LogP contribution is -2.26. The number of anilines is 1. The topological polar surface area (TPSA) is 29.1 Å². The first-order valence-corrected chi connectivity index (χ1v) is 7.74. The van der Waals surface area contributed by atoms with Gasteiger partial charge in [-0.25, -0.2) is 0 Å². The third-order valence-corrected chi connectivity index (χ3v) is 4.80. The number of benzene rings is 1. The maximum Gasteiger partial charge on any atom is 0.159 e. The Morgan fingerprint density at radius 3 is 2.67 bits per heavy atom. The van der Waals surface area contributed by atoms with Gasteiger partial charge in [-0.3, -0.25) is 4.79 Å². The molecule has 1 aromatic carbocycles. The van der Waals surface area contributed by atoms with Crippen molar-refractivity contribution in [2.24, 2.45) is 0 Å². The summed E-state index contributed by atoms with van der Waals surface area (Å²) in [5.74, 6) is 1.31. The molecule has 0 aliphatic heterocycles. The molecule has 2 rings (SSSR count). The molecule has 1 aliphatic carbocycles. The predicted molar refractivity (Wildman–Crippen MR) is 79.6 cm³/mol. The van der Waals surface area contributed by atoms with Gasteiger partial charge in [0.2, 0.25) is 0 Å². The van der Waals surface area contributed by atoms with E-state index in [1.54, 1.807) is 6.92 Å². The standard InChI is InChI=1S/C15H21NOS/c1-3-18-15-6-4-5-14(15)16-13-9-7-12(8-10-13)11(2)17/h7-10,14-16H,3-6H2,1-2H3. The minimum absolute atomic E-state index is 0.127. The molecule has 1 aromatic rings. The van der Waals surface area contributed by atoms with Gasteiger partial charge in [0.15, 0.2) is 5.78 Å². The van der Waals surface area contributed by atoms with Crippen molar-refractivity contribution in [1.29, 1.82) is 0 Å². The van der Waals surface area contributed by atoms with Crippen LogP contribution in [0.1, 0.15) is 43.5 Å². The third kappa shape index (κ3) is 3.29. The van der Waals surface area contributed by atoms with Gasteiger partial charge < -0.3 is 5.32 Å². The maximum absolute atomic E-state index is 11.2. The Kier molecular flexibility index (Phi) is 4.70. The molecule has 1 fully saturated rings. The number of thioether (sulfide) groups is 1. The number of carbonyl (C=O) groups is 1.